The molecule has 5 unspecified atom stereocenters. The highest BCUT2D eigenvalue weighted by atomic mass is 16.7. The number of hydrogen-bond acceptors (Lipinski definition) is 6. The average molecular weight is 443 g/mol. The fraction of sp³-hybridized carbons (Fsp3) is 0.958. The van der Waals surface area contributed by atoms with Crippen LogP contribution in [0.1, 0.15) is 85.5 Å². The Hall–Kier alpha value is -0.730. The molecular weight excluding hydrogens is 396 g/mol. The van der Waals surface area contributed by atoms with Crippen LogP contribution in [-0.2, 0) is 14.3 Å². The van der Waals surface area contributed by atoms with Gasteiger partial charge in [0.1, 0.15) is 6.10 Å². The second-order valence-electron chi connectivity index (χ2n) is 9.74. The molecule has 2 saturated heterocycles. The van der Waals surface area contributed by atoms with E-state index in [9.17, 15) is 15.0 Å². The lowest BCUT2D eigenvalue weighted by Crippen LogP contribution is -2.61. The summed E-state index contributed by atoms with van der Waals surface area (Å²) in [5.74, 6) is 1.17. The van der Waals surface area contributed by atoms with Crippen LogP contribution in [0.2, 0.25) is 0 Å². The van der Waals surface area contributed by atoms with Crippen molar-refractivity contribution in [2.45, 2.75) is 122 Å². The molecule has 0 aliphatic carbocycles. The molecule has 0 spiro atoms. The van der Waals surface area contributed by atoms with Crippen molar-refractivity contribution in [1.29, 1.82) is 0 Å². The number of nitrogens with one attached hydrogen (secondary N) is 1. The Kier molecular flexibility index (Phi) is 11.2. The third-order valence-electron chi connectivity index (χ3n) is 7.44. The van der Waals surface area contributed by atoms with Gasteiger partial charge in [0.2, 0.25) is 5.91 Å². The van der Waals surface area contributed by atoms with E-state index in [2.05, 4.69) is 26.1 Å². The van der Waals surface area contributed by atoms with Crippen molar-refractivity contribution in [2.75, 3.05) is 6.54 Å². The standard InChI is InChI=1S/C24H46N2O5/c1-5-17-10-7-11-18(6-2)23(29)26-14-8-9-15(3)19(13-12-17)31-24-22(28)20(25)21(27)16(4)30-24/h15-22,24,27-28H,5-14,25H2,1-4H3,(H,26,29)/t15-,16?,17+,18-,19-,20?,21?,22?,24?/m1/s1. The van der Waals surface area contributed by atoms with Gasteiger partial charge in [0.05, 0.1) is 24.4 Å². The molecule has 1 amide bonds. The molecule has 0 saturated carbocycles. The highest BCUT2D eigenvalue weighted by Gasteiger charge is 2.42. The summed E-state index contributed by atoms with van der Waals surface area (Å²) in [6.45, 7) is 8.93. The molecule has 0 aromatic rings. The molecule has 0 aromatic heterocycles. The van der Waals surface area contributed by atoms with Crippen molar-refractivity contribution in [3.8, 4) is 0 Å². The van der Waals surface area contributed by atoms with Crippen LogP contribution in [0.3, 0.4) is 0 Å². The van der Waals surface area contributed by atoms with Crippen molar-refractivity contribution < 1.29 is 24.5 Å². The van der Waals surface area contributed by atoms with E-state index in [1.807, 2.05) is 0 Å². The first kappa shape index (κ1) is 26.5. The number of aliphatic hydroxyl groups is 2. The number of carbonyl (C=O) groups is 1. The minimum Gasteiger partial charge on any atom is -0.389 e. The highest BCUT2D eigenvalue weighted by molar-refractivity contribution is 5.78. The van der Waals surface area contributed by atoms with Crippen molar-refractivity contribution in [1.82, 2.24) is 5.32 Å². The molecular formula is C24H46N2O5. The second-order valence-corrected chi connectivity index (χ2v) is 9.74. The predicted octanol–water partition coefficient (Wildman–Crippen LogP) is 2.71. The monoisotopic (exact) mass is 442 g/mol. The molecule has 182 valence electrons. The lowest BCUT2D eigenvalue weighted by molar-refractivity contribution is -0.286. The fourth-order valence-corrected chi connectivity index (χ4v) is 4.93. The summed E-state index contributed by atoms with van der Waals surface area (Å²) in [5.41, 5.74) is 5.99. The molecule has 9 atom stereocenters. The lowest BCUT2D eigenvalue weighted by Gasteiger charge is -2.42. The van der Waals surface area contributed by atoms with E-state index in [0.29, 0.717) is 12.5 Å². The van der Waals surface area contributed by atoms with Crippen LogP contribution in [0.25, 0.3) is 0 Å². The average Bonchev–Trinajstić information content (AvgIpc) is 2.76. The largest absolute Gasteiger partial charge is 0.389 e. The molecule has 2 rings (SSSR count). The van der Waals surface area contributed by atoms with E-state index in [4.69, 9.17) is 15.2 Å². The summed E-state index contributed by atoms with van der Waals surface area (Å²) in [7, 11) is 0. The molecule has 2 aliphatic heterocycles. The second kappa shape index (κ2) is 13.1. The number of aliphatic hydroxyl groups excluding tert-OH is 2. The summed E-state index contributed by atoms with van der Waals surface area (Å²) < 4.78 is 12.1. The Morgan fingerprint density at radius 1 is 1.03 bits per heavy atom. The SMILES string of the molecule is CC[C@H]1CCC[C@@H](CC)C(=O)NCCC[C@@H](C)[C@H](OC2OC(C)C(O)C(N)C2O)CC1. The Bertz CT molecular complexity index is 534. The summed E-state index contributed by atoms with van der Waals surface area (Å²) in [6.07, 6.45) is 5.59. The van der Waals surface area contributed by atoms with Crippen LogP contribution < -0.4 is 11.1 Å². The zero-order chi connectivity index (χ0) is 23.0. The molecule has 0 radical (unpaired) electrons. The van der Waals surface area contributed by atoms with Crippen LogP contribution in [0.5, 0.6) is 0 Å². The summed E-state index contributed by atoms with van der Waals surface area (Å²) in [6, 6.07) is -0.785. The number of amides is 1. The van der Waals surface area contributed by atoms with E-state index in [0.717, 1.165) is 57.8 Å². The van der Waals surface area contributed by atoms with Crippen LogP contribution >= 0.6 is 0 Å². The maximum atomic E-state index is 12.5. The third kappa shape index (κ3) is 7.67. The number of hydrogen-bond donors (Lipinski definition) is 4. The first-order valence-corrected chi connectivity index (χ1v) is 12.5. The maximum Gasteiger partial charge on any atom is 0.223 e. The maximum absolute atomic E-state index is 12.5. The number of nitrogens with two attached hydrogens (primary N) is 1. The van der Waals surface area contributed by atoms with Crippen molar-refractivity contribution in [3.05, 3.63) is 0 Å². The quantitative estimate of drug-likeness (QED) is 0.532. The van der Waals surface area contributed by atoms with Crippen molar-refractivity contribution in [3.63, 3.8) is 0 Å². The lowest BCUT2D eigenvalue weighted by atomic mass is 9.86. The van der Waals surface area contributed by atoms with Gasteiger partial charge in [-0.1, -0.05) is 40.0 Å². The van der Waals surface area contributed by atoms with Gasteiger partial charge < -0.3 is 30.7 Å². The van der Waals surface area contributed by atoms with Crippen LogP contribution in [0.4, 0.5) is 0 Å². The summed E-state index contributed by atoms with van der Waals surface area (Å²) in [5, 5.41) is 23.7. The third-order valence-corrected chi connectivity index (χ3v) is 7.44. The fourth-order valence-electron chi connectivity index (χ4n) is 4.93. The Morgan fingerprint density at radius 2 is 1.77 bits per heavy atom. The van der Waals surface area contributed by atoms with Crippen molar-refractivity contribution in [2.24, 2.45) is 23.5 Å². The number of rotatable bonds is 4. The van der Waals surface area contributed by atoms with E-state index in [-0.39, 0.29) is 23.8 Å². The predicted molar refractivity (Wildman–Crippen MR) is 121 cm³/mol. The molecule has 5 N–H and O–H groups in total. The van der Waals surface area contributed by atoms with E-state index in [1.54, 1.807) is 6.92 Å². The molecule has 2 fully saturated rings. The van der Waals surface area contributed by atoms with Crippen LogP contribution in [-0.4, -0.2) is 59.4 Å². The van der Waals surface area contributed by atoms with Gasteiger partial charge in [-0.25, -0.2) is 0 Å². The van der Waals surface area contributed by atoms with E-state index in [1.165, 1.54) is 0 Å². The topological polar surface area (TPSA) is 114 Å². The van der Waals surface area contributed by atoms with Crippen molar-refractivity contribution >= 4 is 5.91 Å². The van der Waals surface area contributed by atoms with Gasteiger partial charge in [0.15, 0.2) is 6.29 Å². The molecule has 7 heteroatoms. The molecule has 0 aromatic carbocycles. The molecule has 2 heterocycles. The number of carbonyl (C=O) groups excluding carboxylic acids is 1. The van der Waals surface area contributed by atoms with E-state index >= 15 is 0 Å². The van der Waals surface area contributed by atoms with Gasteiger partial charge in [-0.2, -0.15) is 0 Å². The Labute approximate surface area is 188 Å². The van der Waals surface area contributed by atoms with Gasteiger partial charge in [-0.15, -0.1) is 0 Å². The molecule has 7 nitrogen and oxygen atoms in total. The number of ether oxygens (including phenoxy) is 2. The Balaban J connectivity index is 2.05. The molecule has 0 bridgehead atoms. The minimum atomic E-state index is -1.06. The zero-order valence-electron chi connectivity index (χ0n) is 20.0. The van der Waals surface area contributed by atoms with Gasteiger partial charge in [-0.3, -0.25) is 4.79 Å². The summed E-state index contributed by atoms with van der Waals surface area (Å²) >= 11 is 0. The zero-order valence-corrected chi connectivity index (χ0v) is 20.0. The normalized spacial score (nSPS) is 41.9. The van der Waals surface area contributed by atoms with Crippen LogP contribution in [0.15, 0.2) is 0 Å². The smallest absolute Gasteiger partial charge is 0.223 e. The summed E-state index contributed by atoms with van der Waals surface area (Å²) in [4.78, 5) is 12.5. The van der Waals surface area contributed by atoms with Gasteiger partial charge >= 0.3 is 0 Å². The highest BCUT2D eigenvalue weighted by Crippen LogP contribution is 2.30. The first-order chi connectivity index (χ1) is 14.8. The minimum absolute atomic E-state index is 0.0645. The molecule has 2 aliphatic rings. The van der Waals surface area contributed by atoms with Gasteiger partial charge in [0.25, 0.3) is 0 Å². The Morgan fingerprint density at radius 3 is 2.45 bits per heavy atom. The molecule has 31 heavy (non-hydrogen) atoms. The van der Waals surface area contributed by atoms with Crippen LogP contribution in [0, 0.1) is 17.8 Å². The van der Waals surface area contributed by atoms with Gasteiger partial charge in [0, 0.05) is 12.5 Å². The van der Waals surface area contributed by atoms with Gasteiger partial charge in [-0.05, 0) is 57.3 Å². The first-order valence-electron chi connectivity index (χ1n) is 12.5. The van der Waals surface area contributed by atoms with E-state index < -0.39 is 30.6 Å².